The number of nitrogens with one attached hydrogen (secondary N) is 1. The summed E-state index contributed by atoms with van der Waals surface area (Å²) in [4.78, 5) is 1.37. The molecule has 0 saturated carbocycles. The van der Waals surface area contributed by atoms with Crippen LogP contribution in [0.2, 0.25) is 0 Å². The zero-order chi connectivity index (χ0) is 14.5. The molecule has 0 saturated heterocycles. The lowest BCUT2D eigenvalue weighted by Crippen LogP contribution is -2.24. The largest absolute Gasteiger partial charge is 0.508 e. The summed E-state index contributed by atoms with van der Waals surface area (Å²) in [5.41, 5.74) is 2.15. The molecule has 2 N–H and O–H groups in total. The molecule has 3 heteroatoms. The molecule has 0 aliphatic carbocycles. The van der Waals surface area contributed by atoms with E-state index in [9.17, 15) is 5.11 Å². The van der Waals surface area contributed by atoms with Crippen LogP contribution in [0.1, 0.15) is 54.8 Å². The third kappa shape index (κ3) is 3.62. The lowest BCUT2D eigenvalue weighted by molar-refractivity contribution is 0.418. The van der Waals surface area contributed by atoms with Crippen LogP contribution in [0, 0.1) is 6.92 Å². The van der Waals surface area contributed by atoms with Crippen molar-refractivity contribution in [1.29, 1.82) is 0 Å². The summed E-state index contributed by atoms with van der Waals surface area (Å²) in [5, 5.41) is 15.8. The molecule has 2 nitrogen and oxygen atoms in total. The minimum Gasteiger partial charge on any atom is -0.508 e. The third-order valence-corrected chi connectivity index (χ3v) is 4.55. The first-order valence-corrected chi connectivity index (χ1v) is 8.08. The van der Waals surface area contributed by atoms with Gasteiger partial charge in [0.05, 0.1) is 0 Å². The number of phenols is 1. The smallest absolute Gasteiger partial charge is 0.120 e. The van der Waals surface area contributed by atoms with E-state index in [1.165, 1.54) is 10.4 Å². The number of phenolic OH excluding ortho intramolecular Hbond substituents is 1. The Morgan fingerprint density at radius 3 is 2.75 bits per heavy atom. The minimum absolute atomic E-state index is 0.133. The van der Waals surface area contributed by atoms with Crippen molar-refractivity contribution in [2.45, 2.75) is 45.7 Å². The number of rotatable bonds is 6. The SMILES string of the molecule is CCCC(NC(C)c1cc(C)ccc1O)c1cccs1. The normalized spacial score (nSPS) is 14.2. The van der Waals surface area contributed by atoms with Gasteiger partial charge in [0.15, 0.2) is 0 Å². The van der Waals surface area contributed by atoms with Gasteiger partial charge in [-0.1, -0.05) is 37.1 Å². The van der Waals surface area contributed by atoms with Crippen molar-refractivity contribution in [3.63, 3.8) is 0 Å². The Bertz CT molecular complexity index is 536. The molecule has 0 radical (unpaired) electrons. The van der Waals surface area contributed by atoms with E-state index in [2.05, 4.69) is 49.7 Å². The molecule has 0 spiro atoms. The molecule has 2 aromatic rings. The van der Waals surface area contributed by atoms with Gasteiger partial charge in [0.2, 0.25) is 0 Å². The highest BCUT2D eigenvalue weighted by atomic mass is 32.1. The van der Waals surface area contributed by atoms with Gasteiger partial charge in [-0.25, -0.2) is 0 Å². The minimum atomic E-state index is 0.133. The van der Waals surface area contributed by atoms with Crippen molar-refractivity contribution in [1.82, 2.24) is 5.32 Å². The second kappa shape index (κ2) is 6.91. The molecule has 2 atom stereocenters. The highest BCUT2D eigenvalue weighted by molar-refractivity contribution is 7.10. The lowest BCUT2D eigenvalue weighted by Gasteiger charge is -2.23. The van der Waals surface area contributed by atoms with Gasteiger partial charge in [0.25, 0.3) is 0 Å². The first-order chi connectivity index (χ1) is 9.61. The molecule has 1 aromatic carbocycles. The van der Waals surface area contributed by atoms with E-state index in [0.29, 0.717) is 11.8 Å². The van der Waals surface area contributed by atoms with Crippen LogP contribution in [0.15, 0.2) is 35.7 Å². The van der Waals surface area contributed by atoms with Crippen molar-refractivity contribution in [2.75, 3.05) is 0 Å². The highest BCUT2D eigenvalue weighted by Crippen LogP contribution is 2.30. The van der Waals surface area contributed by atoms with Gasteiger partial charge < -0.3 is 10.4 Å². The third-order valence-electron chi connectivity index (χ3n) is 3.56. The van der Waals surface area contributed by atoms with Crippen LogP contribution in [0.4, 0.5) is 0 Å². The van der Waals surface area contributed by atoms with E-state index in [-0.39, 0.29) is 6.04 Å². The van der Waals surface area contributed by atoms with E-state index in [1.54, 1.807) is 17.4 Å². The van der Waals surface area contributed by atoms with Gasteiger partial charge in [-0.15, -0.1) is 11.3 Å². The molecule has 20 heavy (non-hydrogen) atoms. The highest BCUT2D eigenvalue weighted by Gasteiger charge is 2.17. The quantitative estimate of drug-likeness (QED) is 0.788. The van der Waals surface area contributed by atoms with Crippen LogP contribution in [-0.4, -0.2) is 5.11 Å². The van der Waals surface area contributed by atoms with Crippen molar-refractivity contribution >= 4 is 11.3 Å². The van der Waals surface area contributed by atoms with E-state index in [0.717, 1.165) is 18.4 Å². The number of aromatic hydroxyl groups is 1. The van der Waals surface area contributed by atoms with E-state index in [4.69, 9.17) is 0 Å². The fraction of sp³-hybridized carbons (Fsp3) is 0.412. The average Bonchev–Trinajstić information content (AvgIpc) is 2.95. The maximum atomic E-state index is 10.0. The summed E-state index contributed by atoms with van der Waals surface area (Å²) in [6.07, 6.45) is 2.25. The zero-order valence-electron chi connectivity index (χ0n) is 12.4. The van der Waals surface area contributed by atoms with Crippen LogP contribution in [0.5, 0.6) is 5.75 Å². The topological polar surface area (TPSA) is 32.3 Å². The Hall–Kier alpha value is -1.32. The predicted molar refractivity (Wildman–Crippen MR) is 86.4 cm³/mol. The number of benzene rings is 1. The zero-order valence-corrected chi connectivity index (χ0v) is 13.2. The number of aryl methyl sites for hydroxylation is 1. The molecule has 0 aliphatic heterocycles. The molecule has 0 bridgehead atoms. The Morgan fingerprint density at radius 2 is 2.10 bits per heavy atom. The summed E-state index contributed by atoms with van der Waals surface area (Å²) in [6, 6.07) is 10.5. The van der Waals surface area contributed by atoms with Gasteiger partial charge in [0, 0.05) is 22.5 Å². The van der Waals surface area contributed by atoms with Crippen LogP contribution in [-0.2, 0) is 0 Å². The molecular weight excluding hydrogens is 266 g/mol. The first-order valence-electron chi connectivity index (χ1n) is 7.20. The van der Waals surface area contributed by atoms with Gasteiger partial charge in [-0.3, -0.25) is 0 Å². The standard InChI is InChI=1S/C17H23NOS/c1-4-6-15(17-7-5-10-20-17)18-13(3)14-11-12(2)8-9-16(14)19/h5,7-11,13,15,18-19H,4,6H2,1-3H3. The molecule has 1 heterocycles. The summed E-state index contributed by atoms with van der Waals surface area (Å²) < 4.78 is 0. The maximum Gasteiger partial charge on any atom is 0.120 e. The summed E-state index contributed by atoms with van der Waals surface area (Å²) in [7, 11) is 0. The fourth-order valence-electron chi connectivity index (χ4n) is 2.50. The van der Waals surface area contributed by atoms with E-state index in [1.807, 2.05) is 6.07 Å². The molecular formula is C17H23NOS. The molecule has 0 aliphatic rings. The van der Waals surface area contributed by atoms with Crippen molar-refractivity contribution < 1.29 is 5.11 Å². The van der Waals surface area contributed by atoms with Crippen molar-refractivity contribution in [3.05, 3.63) is 51.7 Å². The van der Waals surface area contributed by atoms with E-state index >= 15 is 0 Å². The molecule has 2 rings (SSSR count). The van der Waals surface area contributed by atoms with Crippen LogP contribution in [0.25, 0.3) is 0 Å². The average molecular weight is 289 g/mol. The Kier molecular flexibility index (Phi) is 5.21. The molecule has 0 fully saturated rings. The van der Waals surface area contributed by atoms with Gasteiger partial charge in [0.1, 0.15) is 5.75 Å². The fourth-order valence-corrected chi connectivity index (χ4v) is 3.32. The molecule has 2 unspecified atom stereocenters. The monoisotopic (exact) mass is 289 g/mol. The number of hydrogen-bond acceptors (Lipinski definition) is 3. The number of hydrogen-bond donors (Lipinski definition) is 2. The summed E-state index contributed by atoms with van der Waals surface area (Å²) >= 11 is 1.79. The summed E-state index contributed by atoms with van der Waals surface area (Å²) in [6.45, 7) is 6.38. The number of thiophene rings is 1. The predicted octanol–water partition coefficient (Wildman–Crippen LogP) is 4.95. The first kappa shape index (κ1) is 15.1. The lowest BCUT2D eigenvalue weighted by atomic mass is 10.0. The van der Waals surface area contributed by atoms with Crippen molar-refractivity contribution in [3.8, 4) is 5.75 Å². The van der Waals surface area contributed by atoms with Crippen LogP contribution < -0.4 is 5.32 Å². The maximum absolute atomic E-state index is 10.0. The van der Waals surface area contributed by atoms with Crippen LogP contribution in [0.3, 0.4) is 0 Å². The summed E-state index contributed by atoms with van der Waals surface area (Å²) in [5.74, 6) is 0.372. The van der Waals surface area contributed by atoms with E-state index < -0.39 is 0 Å². The second-order valence-corrected chi connectivity index (χ2v) is 6.29. The molecule has 1 aromatic heterocycles. The Morgan fingerprint density at radius 1 is 1.30 bits per heavy atom. The van der Waals surface area contributed by atoms with Gasteiger partial charge in [-0.05, 0) is 37.8 Å². The second-order valence-electron chi connectivity index (χ2n) is 5.31. The van der Waals surface area contributed by atoms with Gasteiger partial charge >= 0.3 is 0 Å². The van der Waals surface area contributed by atoms with Gasteiger partial charge in [-0.2, -0.15) is 0 Å². The van der Waals surface area contributed by atoms with Crippen LogP contribution >= 0.6 is 11.3 Å². The molecule has 108 valence electrons. The van der Waals surface area contributed by atoms with Crippen molar-refractivity contribution in [2.24, 2.45) is 0 Å². The molecule has 0 amide bonds. The Balaban J connectivity index is 2.15. The Labute approximate surface area is 125 Å².